The van der Waals surface area contributed by atoms with Crippen LogP contribution in [-0.4, -0.2) is 24.2 Å². The number of hydrogen-bond acceptors (Lipinski definition) is 3. The van der Waals surface area contributed by atoms with Crippen LogP contribution in [0.3, 0.4) is 0 Å². The minimum Gasteiger partial charge on any atom is -0.483 e. The third kappa shape index (κ3) is 3.92. The van der Waals surface area contributed by atoms with Gasteiger partial charge in [-0.2, -0.15) is 0 Å². The molecule has 0 fully saturated rings. The van der Waals surface area contributed by atoms with E-state index in [1.807, 2.05) is 19.1 Å². The monoisotopic (exact) mass is 235 g/mol. The Hall–Kier alpha value is -1.81. The summed E-state index contributed by atoms with van der Waals surface area (Å²) in [6, 6.07) is 5.48. The normalized spacial score (nSPS) is 9.76. The summed E-state index contributed by atoms with van der Waals surface area (Å²) in [6.45, 7) is 5.62. The highest BCUT2D eigenvalue weighted by Crippen LogP contribution is 2.23. The number of hydrogen-bond donors (Lipinski definition) is 2. The molecular weight excluding hydrogens is 218 g/mol. The molecule has 0 aromatic heterocycles. The standard InChI is InChI=1S/C13H17NO3/c1-3-7-14-12(16)9-17-13-10(2)5-4-6-11(13)8-15/h3-6,15H,1,7-9H2,2H3,(H,14,16). The minimum absolute atomic E-state index is 0.0638. The van der Waals surface area contributed by atoms with E-state index in [1.165, 1.54) is 0 Å². The molecule has 4 heteroatoms. The predicted molar refractivity (Wildman–Crippen MR) is 65.8 cm³/mol. The van der Waals surface area contributed by atoms with Gasteiger partial charge in [-0.05, 0) is 12.5 Å². The second-order valence-corrected chi connectivity index (χ2v) is 3.60. The lowest BCUT2D eigenvalue weighted by atomic mass is 10.1. The van der Waals surface area contributed by atoms with Gasteiger partial charge in [-0.15, -0.1) is 6.58 Å². The van der Waals surface area contributed by atoms with Gasteiger partial charge >= 0.3 is 0 Å². The number of aryl methyl sites for hydroxylation is 1. The molecule has 0 unspecified atom stereocenters. The number of para-hydroxylation sites is 1. The Bertz CT molecular complexity index is 402. The first kappa shape index (κ1) is 13.3. The van der Waals surface area contributed by atoms with Gasteiger partial charge in [0, 0.05) is 12.1 Å². The lowest BCUT2D eigenvalue weighted by Crippen LogP contribution is -2.29. The van der Waals surface area contributed by atoms with Crippen LogP contribution >= 0.6 is 0 Å². The zero-order valence-corrected chi connectivity index (χ0v) is 9.90. The fourth-order valence-corrected chi connectivity index (χ4v) is 1.42. The number of benzene rings is 1. The average molecular weight is 235 g/mol. The van der Waals surface area contributed by atoms with E-state index in [-0.39, 0.29) is 19.1 Å². The van der Waals surface area contributed by atoms with Crippen molar-refractivity contribution in [1.82, 2.24) is 5.32 Å². The Morgan fingerprint density at radius 1 is 1.59 bits per heavy atom. The van der Waals surface area contributed by atoms with Gasteiger partial charge in [0.1, 0.15) is 5.75 Å². The molecule has 0 aliphatic carbocycles. The first-order valence-corrected chi connectivity index (χ1v) is 5.38. The van der Waals surface area contributed by atoms with E-state index < -0.39 is 0 Å². The van der Waals surface area contributed by atoms with Crippen LogP contribution in [-0.2, 0) is 11.4 Å². The van der Waals surface area contributed by atoms with Crippen LogP contribution in [0.15, 0.2) is 30.9 Å². The van der Waals surface area contributed by atoms with Gasteiger partial charge in [0.05, 0.1) is 6.61 Å². The van der Waals surface area contributed by atoms with Crippen molar-refractivity contribution in [3.63, 3.8) is 0 Å². The molecule has 0 radical (unpaired) electrons. The summed E-state index contributed by atoms with van der Waals surface area (Å²) in [7, 11) is 0. The van der Waals surface area contributed by atoms with Crippen LogP contribution in [0.25, 0.3) is 0 Å². The van der Waals surface area contributed by atoms with Crippen LogP contribution in [0.4, 0.5) is 0 Å². The highest BCUT2D eigenvalue weighted by atomic mass is 16.5. The SMILES string of the molecule is C=CCNC(=O)COc1c(C)cccc1CO. The largest absolute Gasteiger partial charge is 0.483 e. The van der Waals surface area contributed by atoms with Crippen molar-refractivity contribution in [3.05, 3.63) is 42.0 Å². The maximum absolute atomic E-state index is 11.3. The van der Waals surface area contributed by atoms with Gasteiger partial charge in [-0.1, -0.05) is 24.3 Å². The quantitative estimate of drug-likeness (QED) is 0.728. The number of ether oxygens (including phenoxy) is 1. The third-order valence-corrected chi connectivity index (χ3v) is 2.25. The molecule has 4 nitrogen and oxygen atoms in total. The molecule has 0 saturated heterocycles. The van der Waals surface area contributed by atoms with Crippen molar-refractivity contribution >= 4 is 5.91 Å². The fraction of sp³-hybridized carbons (Fsp3) is 0.308. The molecule has 0 spiro atoms. The molecule has 0 aliphatic heterocycles. The number of amides is 1. The van der Waals surface area contributed by atoms with E-state index in [0.717, 1.165) is 5.56 Å². The molecule has 1 aromatic rings. The lowest BCUT2D eigenvalue weighted by Gasteiger charge is -2.12. The Morgan fingerprint density at radius 2 is 2.35 bits per heavy atom. The smallest absolute Gasteiger partial charge is 0.258 e. The number of aliphatic hydroxyl groups excluding tert-OH is 1. The van der Waals surface area contributed by atoms with Crippen molar-refractivity contribution < 1.29 is 14.6 Å². The zero-order valence-electron chi connectivity index (χ0n) is 9.90. The lowest BCUT2D eigenvalue weighted by molar-refractivity contribution is -0.122. The number of carbonyl (C=O) groups is 1. The molecule has 0 bridgehead atoms. The van der Waals surface area contributed by atoms with Gasteiger partial charge in [0.2, 0.25) is 0 Å². The van der Waals surface area contributed by atoms with E-state index in [9.17, 15) is 4.79 Å². The second kappa shape index (κ2) is 6.70. The summed E-state index contributed by atoms with van der Waals surface area (Å²) in [5.41, 5.74) is 1.58. The maximum Gasteiger partial charge on any atom is 0.258 e. The van der Waals surface area contributed by atoms with E-state index >= 15 is 0 Å². The molecule has 0 atom stereocenters. The van der Waals surface area contributed by atoms with Gasteiger partial charge in [-0.3, -0.25) is 4.79 Å². The summed E-state index contributed by atoms with van der Waals surface area (Å²) < 4.78 is 5.41. The summed E-state index contributed by atoms with van der Waals surface area (Å²) in [5, 5.41) is 11.8. The van der Waals surface area contributed by atoms with Gasteiger partial charge < -0.3 is 15.2 Å². The summed E-state index contributed by atoms with van der Waals surface area (Å²) >= 11 is 0. The first-order chi connectivity index (χ1) is 8.19. The summed E-state index contributed by atoms with van der Waals surface area (Å²) in [6.07, 6.45) is 1.60. The fourth-order valence-electron chi connectivity index (χ4n) is 1.42. The topological polar surface area (TPSA) is 58.6 Å². The highest BCUT2D eigenvalue weighted by molar-refractivity contribution is 5.77. The van der Waals surface area contributed by atoms with Crippen LogP contribution in [0.2, 0.25) is 0 Å². The number of carbonyl (C=O) groups excluding carboxylic acids is 1. The molecule has 0 aliphatic rings. The molecule has 1 amide bonds. The van der Waals surface area contributed by atoms with Crippen molar-refractivity contribution in [2.75, 3.05) is 13.2 Å². The molecule has 1 rings (SSSR count). The Kier molecular flexibility index (Phi) is 5.23. The van der Waals surface area contributed by atoms with Gasteiger partial charge in [0.25, 0.3) is 5.91 Å². The number of nitrogens with one attached hydrogen (secondary N) is 1. The zero-order chi connectivity index (χ0) is 12.7. The molecular formula is C13H17NO3. The molecule has 1 aromatic carbocycles. The van der Waals surface area contributed by atoms with Crippen LogP contribution < -0.4 is 10.1 Å². The number of aliphatic hydroxyl groups is 1. The summed E-state index contributed by atoms with van der Waals surface area (Å²) in [4.78, 5) is 11.3. The van der Waals surface area contributed by atoms with E-state index in [4.69, 9.17) is 9.84 Å². The van der Waals surface area contributed by atoms with Crippen LogP contribution in [0.1, 0.15) is 11.1 Å². The Morgan fingerprint density at radius 3 is 3.00 bits per heavy atom. The van der Waals surface area contributed by atoms with Crippen molar-refractivity contribution in [3.8, 4) is 5.75 Å². The average Bonchev–Trinajstić information content (AvgIpc) is 2.34. The highest BCUT2D eigenvalue weighted by Gasteiger charge is 2.08. The Labute approximate surface area is 101 Å². The molecule has 92 valence electrons. The molecule has 0 saturated carbocycles. The molecule has 2 N–H and O–H groups in total. The molecule has 0 heterocycles. The maximum atomic E-state index is 11.3. The van der Waals surface area contributed by atoms with Gasteiger partial charge in [0.15, 0.2) is 6.61 Å². The first-order valence-electron chi connectivity index (χ1n) is 5.38. The predicted octanol–water partition coefficient (Wildman–Crippen LogP) is 1.17. The van der Waals surface area contributed by atoms with Crippen LogP contribution in [0, 0.1) is 6.92 Å². The van der Waals surface area contributed by atoms with Crippen molar-refractivity contribution in [2.45, 2.75) is 13.5 Å². The molecule has 17 heavy (non-hydrogen) atoms. The van der Waals surface area contributed by atoms with Crippen molar-refractivity contribution in [2.24, 2.45) is 0 Å². The van der Waals surface area contributed by atoms with E-state index in [0.29, 0.717) is 17.9 Å². The second-order valence-electron chi connectivity index (χ2n) is 3.60. The Balaban J connectivity index is 2.62. The van der Waals surface area contributed by atoms with Gasteiger partial charge in [-0.25, -0.2) is 0 Å². The third-order valence-electron chi connectivity index (χ3n) is 2.25. The summed E-state index contributed by atoms with van der Waals surface area (Å²) in [5.74, 6) is 0.362. The minimum atomic E-state index is -0.211. The van der Waals surface area contributed by atoms with E-state index in [1.54, 1.807) is 12.1 Å². The van der Waals surface area contributed by atoms with Crippen molar-refractivity contribution in [1.29, 1.82) is 0 Å². The van der Waals surface area contributed by atoms with E-state index in [2.05, 4.69) is 11.9 Å². The van der Waals surface area contributed by atoms with Crippen LogP contribution in [0.5, 0.6) is 5.75 Å². The number of rotatable bonds is 6.